The molecule has 92 valence electrons. The van der Waals surface area contributed by atoms with Crippen molar-refractivity contribution in [3.63, 3.8) is 0 Å². The molecule has 2 rings (SSSR count). The molecule has 0 aliphatic rings. The molecule has 0 spiro atoms. The molecule has 4 heteroatoms. The predicted octanol–water partition coefficient (Wildman–Crippen LogP) is 2.89. The number of rotatable bonds is 3. The van der Waals surface area contributed by atoms with E-state index >= 15 is 0 Å². The lowest BCUT2D eigenvalue weighted by Gasteiger charge is -2.06. The Morgan fingerprint density at radius 2 is 1.78 bits per heavy atom. The Kier molecular flexibility index (Phi) is 3.67. The zero-order valence-electron chi connectivity index (χ0n) is 9.49. The number of halogens is 2. The molecule has 0 atom stereocenters. The number of carbonyl (C=O) groups is 1. The van der Waals surface area contributed by atoms with Crippen LogP contribution in [0, 0.1) is 11.6 Å². The lowest BCUT2D eigenvalue weighted by atomic mass is 10.1. The van der Waals surface area contributed by atoms with Crippen molar-refractivity contribution in [1.82, 2.24) is 5.32 Å². The van der Waals surface area contributed by atoms with Gasteiger partial charge < -0.3 is 5.32 Å². The van der Waals surface area contributed by atoms with Gasteiger partial charge in [-0.15, -0.1) is 0 Å². The van der Waals surface area contributed by atoms with E-state index in [1.54, 1.807) is 0 Å². The molecule has 1 amide bonds. The summed E-state index contributed by atoms with van der Waals surface area (Å²) >= 11 is 0. The van der Waals surface area contributed by atoms with Crippen LogP contribution in [0.15, 0.2) is 48.5 Å². The molecule has 0 aliphatic heterocycles. The van der Waals surface area contributed by atoms with E-state index in [9.17, 15) is 13.6 Å². The van der Waals surface area contributed by atoms with Crippen molar-refractivity contribution in [2.75, 3.05) is 0 Å². The fourth-order valence-electron chi connectivity index (χ4n) is 1.54. The van der Waals surface area contributed by atoms with E-state index in [0.29, 0.717) is 0 Å². The summed E-state index contributed by atoms with van der Waals surface area (Å²) in [6, 6.07) is 12.0. The first-order chi connectivity index (χ1) is 8.66. The van der Waals surface area contributed by atoms with Crippen molar-refractivity contribution >= 4 is 5.91 Å². The first-order valence-corrected chi connectivity index (χ1v) is 5.44. The van der Waals surface area contributed by atoms with Gasteiger partial charge in [0.2, 0.25) is 0 Å². The van der Waals surface area contributed by atoms with Crippen LogP contribution in [-0.2, 0) is 6.54 Å². The number of carbonyl (C=O) groups excluding carboxylic acids is 1. The van der Waals surface area contributed by atoms with Crippen LogP contribution in [-0.4, -0.2) is 5.91 Å². The fraction of sp³-hybridized carbons (Fsp3) is 0.0714. The molecule has 0 fully saturated rings. The van der Waals surface area contributed by atoms with Crippen LogP contribution >= 0.6 is 0 Å². The highest BCUT2D eigenvalue weighted by atomic mass is 19.1. The summed E-state index contributed by atoms with van der Waals surface area (Å²) in [4.78, 5) is 11.7. The second kappa shape index (κ2) is 5.40. The Balaban J connectivity index is 2.06. The van der Waals surface area contributed by atoms with Crippen molar-refractivity contribution in [3.05, 3.63) is 71.3 Å². The fourth-order valence-corrected chi connectivity index (χ4v) is 1.54. The Hall–Kier alpha value is -2.23. The zero-order chi connectivity index (χ0) is 13.0. The van der Waals surface area contributed by atoms with Crippen LogP contribution in [0.2, 0.25) is 0 Å². The van der Waals surface area contributed by atoms with Gasteiger partial charge >= 0.3 is 0 Å². The minimum atomic E-state index is -0.734. The van der Waals surface area contributed by atoms with Gasteiger partial charge in [-0.05, 0) is 23.8 Å². The first-order valence-electron chi connectivity index (χ1n) is 5.44. The Morgan fingerprint density at radius 1 is 1.06 bits per heavy atom. The summed E-state index contributed by atoms with van der Waals surface area (Å²) in [5.74, 6) is -2.00. The van der Waals surface area contributed by atoms with Gasteiger partial charge in [0, 0.05) is 6.54 Å². The van der Waals surface area contributed by atoms with Crippen molar-refractivity contribution in [3.8, 4) is 0 Å². The smallest absolute Gasteiger partial charge is 0.254 e. The highest BCUT2D eigenvalue weighted by molar-refractivity contribution is 5.94. The van der Waals surface area contributed by atoms with Crippen molar-refractivity contribution in [1.29, 1.82) is 0 Å². The first kappa shape index (κ1) is 12.2. The summed E-state index contributed by atoms with van der Waals surface area (Å²) in [6.07, 6.45) is 0. The van der Waals surface area contributed by atoms with E-state index in [1.807, 2.05) is 30.3 Å². The minimum Gasteiger partial charge on any atom is -0.348 e. The molecule has 0 saturated heterocycles. The lowest BCUT2D eigenvalue weighted by molar-refractivity contribution is 0.0946. The number of nitrogens with one attached hydrogen (secondary N) is 1. The predicted molar refractivity (Wildman–Crippen MR) is 64.0 cm³/mol. The summed E-state index contributed by atoms with van der Waals surface area (Å²) < 4.78 is 26.2. The second-order valence-electron chi connectivity index (χ2n) is 3.79. The molecule has 1 N–H and O–H groups in total. The third kappa shape index (κ3) is 2.91. The molecule has 2 nitrogen and oxygen atoms in total. The largest absolute Gasteiger partial charge is 0.348 e. The van der Waals surface area contributed by atoms with Gasteiger partial charge in [0.15, 0.2) is 0 Å². The average molecular weight is 247 g/mol. The lowest BCUT2D eigenvalue weighted by Crippen LogP contribution is -2.23. The third-order valence-electron chi connectivity index (χ3n) is 2.47. The molecule has 0 unspecified atom stereocenters. The molecule has 0 saturated carbocycles. The summed E-state index contributed by atoms with van der Waals surface area (Å²) in [5.41, 5.74) is 0.605. The molecular formula is C14H11F2NO. The second-order valence-corrected chi connectivity index (χ2v) is 3.79. The maximum Gasteiger partial charge on any atom is 0.254 e. The van der Waals surface area contributed by atoms with Crippen LogP contribution in [0.5, 0.6) is 0 Å². The van der Waals surface area contributed by atoms with Crippen LogP contribution in [0.4, 0.5) is 8.78 Å². The molecular weight excluding hydrogens is 236 g/mol. The average Bonchev–Trinajstić information content (AvgIpc) is 2.40. The van der Waals surface area contributed by atoms with Gasteiger partial charge in [-0.2, -0.15) is 0 Å². The summed E-state index contributed by atoms with van der Waals surface area (Å²) in [7, 11) is 0. The Bertz CT molecular complexity index is 555. The van der Waals surface area contributed by atoms with Gasteiger partial charge in [0.1, 0.15) is 11.6 Å². The van der Waals surface area contributed by atoms with Crippen LogP contribution in [0.25, 0.3) is 0 Å². The van der Waals surface area contributed by atoms with E-state index in [0.717, 1.165) is 23.8 Å². The van der Waals surface area contributed by atoms with Crippen molar-refractivity contribution in [2.45, 2.75) is 6.54 Å². The number of amides is 1. The zero-order valence-corrected chi connectivity index (χ0v) is 9.49. The highest BCUT2D eigenvalue weighted by Crippen LogP contribution is 2.09. The van der Waals surface area contributed by atoms with Crippen LogP contribution in [0.3, 0.4) is 0 Å². The number of hydrogen-bond acceptors (Lipinski definition) is 1. The molecule has 0 aromatic heterocycles. The van der Waals surface area contributed by atoms with Gasteiger partial charge in [-0.3, -0.25) is 4.79 Å². The van der Waals surface area contributed by atoms with E-state index in [2.05, 4.69) is 5.32 Å². The van der Waals surface area contributed by atoms with Crippen molar-refractivity contribution in [2.24, 2.45) is 0 Å². The quantitative estimate of drug-likeness (QED) is 0.887. The standard InChI is InChI=1S/C14H11F2NO/c15-11-6-7-13(16)12(8-11)14(18)17-9-10-4-2-1-3-5-10/h1-8H,9H2,(H,17,18). The van der Waals surface area contributed by atoms with Crippen LogP contribution in [0.1, 0.15) is 15.9 Å². The van der Waals surface area contributed by atoms with E-state index in [1.165, 1.54) is 0 Å². The van der Waals surface area contributed by atoms with Gasteiger partial charge in [-0.1, -0.05) is 30.3 Å². The highest BCUT2D eigenvalue weighted by Gasteiger charge is 2.12. The molecule has 2 aromatic rings. The minimum absolute atomic E-state index is 0.273. The van der Waals surface area contributed by atoms with E-state index in [4.69, 9.17) is 0 Å². The monoisotopic (exact) mass is 247 g/mol. The SMILES string of the molecule is O=C(NCc1ccccc1)c1cc(F)ccc1F. The number of hydrogen-bond donors (Lipinski definition) is 1. The van der Waals surface area contributed by atoms with Gasteiger partial charge in [0.25, 0.3) is 5.91 Å². The topological polar surface area (TPSA) is 29.1 Å². The Labute approximate surface area is 103 Å². The molecule has 0 heterocycles. The van der Waals surface area contributed by atoms with E-state index in [-0.39, 0.29) is 12.1 Å². The normalized spacial score (nSPS) is 10.1. The molecule has 0 aliphatic carbocycles. The number of benzene rings is 2. The van der Waals surface area contributed by atoms with Crippen molar-refractivity contribution < 1.29 is 13.6 Å². The van der Waals surface area contributed by atoms with Gasteiger partial charge in [0.05, 0.1) is 5.56 Å². The van der Waals surface area contributed by atoms with Crippen LogP contribution < -0.4 is 5.32 Å². The molecule has 2 aromatic carbocycles. The maximum atomic E-state index is 13.3. The molecule has 18 heavy (non-hydrogen) atoms. The molecule has 0 bridgehead atoms. The Morgan fingerprint density at radius 3 is 2.50 bits per heavy atom. The molecule has 0 radical (unpaired) electrons. The maximum absolute atomic E-state index is 13.3. The third-order valence-corrected chi connectivity index (χ3v) is 2.47. The summed E-state index contributed by atoms with van der Waals surface area (Å²) in [5, 5.41) is 2.54. The van der Waals surface area contributed by atoms with E-state index < -0.39 is 17.5 Å². The van der Waals surface area contributed by atoms with Gasteiger partial charge in [-0.25, -0.2) is 8.78 Å². The summed E-state index contributed by atoms with van der Waals surface area (Å²) in [6.45, 7) is 0.273.